The Morgan fingerprint density at radius 3 is 2.79 bits per heavy atom. The predicted molar refractivity (Wildman–Crippen MR) is 80.5 cm³/mol. The molecule has 5 heteroatoms. The van der Waals surface area contributed by atoms with Gasteiger partial charge in [0, 0.05) is 30.1 Å². The summed E-state index contributed by atoms with van der Waals surface area (Å²) in [6.45, 7) is 4.36. The summed E-state index contributed by atoms with van der Waals surface area (Å²) in [5, 5.41) is 0.498. The van der Waals surface area contributed by atoms with Crippen LogP contribution in [0, 0.1) is 5.82 Å². The van der Waals surface area contributed by atoms with Crippen LogP contribution < -0.4 is 4.90 Å². The van der Waals surface area contributed by atoms with Crippen LogP contribution in [0.3, 0.4) is 0 Å². The summed E-state index contributed by atoms with van der Waals surface area (Å²) < 4.78 is 14.1. The van der Waals surface area contributed by atoms with E-state index in [4.69, 9.17) is 11.6 Å². The summed E-state index contributed by atoms with van der Waals surface area (Å²) in [7, 11) is 0. The van der Waals surface area contributed by atoms with Gasteiger partial charge in [-0.25, -0.2) is 4.39 Å². The first-order valence-corrected chi connectivity index (χ1v) is 7.96. The molecule has 104 valence electrons. The SMILES string of the molecule is Fc1cc(Cl)c(N2CCCN3CCCC3C2)c(Br)c1. The third kappa shape index (κ3) is 2.76. The lowest BCUT2D eigenvalue weighted by Gasteiger charge is -2.28. The largest absolute Gasteiger partial charge is 0.368 e. The fraction of sp³-hybridized carbons (Fsp3) is 0.571. The molecule has 2 aliphatic rings. The quantitative estimate of drug-likeness (QED) is 0.760. The fourth-order valence-corrected chi connectivity index (χ4v) is 4.37. The van der Waals surface area contributed by atoms with E-state index in [1.807, 2.05) is 0 Å². The van der Waals surface area contributed by atoms with Gasteiger partial charge >= 0.3 is 0 Å². The first kappa shape index (κ1) is 13.7. The summed E-state index contributed by atoms with van der Waals surface area (Å²) in [5.74, 6) is -0.294. The summed E-state index contributed by atoms with van der Waals surface area (Å²) in [6.07, 6.45) is 3.68. The van der Waals surface area contributed by atoms with Gasteiger partial charge in [0.1, 0.15) is 5.82 Å². The topological polar surface area (TPSA) is 6.48 Å². The van der Waals surface area contributed by atoms with Gasteiger partial charge in [-0.1, -0.05) is 11.6 Å². The standard InChI is InChI=1S/C14H17BrClFN2/c15-12-7-10(17)8-13(16)14(12)19-6-2-5-18-4-1-3-11(18)9-19/h7-8,11H,1-6,9H2. The molecular formula is C14H17BrClFN2. The van der Waals surface area contributed by atoms with Crippen molar-refractivity contribution in [2.45, 2.75) is 25.3 Å². The van der Waals surface area contributed by atoms with Crippen LogP contribution in [-0.4, -0.2) is 37.1 Å². The van der Waals surface area contributed by atoms with Crippen molar-refractivity contribution >= 4 is 33.2 Å². The molecule has 2 fully saturated rings. The molecule has 1 unspecified atom stereocenters. The van der Waals surface area contributed by atoms with Crippen molar-refractivity contribution in [3.05, 3.63) is 27.4 Å². The number of hydrogen-bond acceptors (Lipinski definition) is 2. The highest BCUT2D eigenvalue weighted by atomic mass is 79.9. The van der Waals surface area contributed by atoms with Gasteiger partial charge in [0.15, 0.2) is 0 Å². The van der Waals surface area contributed by atoms with E-state index in [0.29, 0.717) is 11.1 Å². The lowest BCUT2D eigenvalue weighted by Crippen LogP contribution is -2.36. The van der Waals surface area contributed by atoms with Gasteiger partial charge in [-0.3, -0.25) is 4.90 Å². The van der Waals surface area contributed by atoms with Gasteiger partial charge in [0.25, 0.3) is 0 Å². The molecule has 0 radical (unpaired) electrons. The molecule has 0 aromatic heterocycles. The van der Waals surface area contributed by atoms with Crippen LogP contribution >= 0.6 is 27.5 Å². The van der Waals surface area contributed by atoms with Crippen LogP contribution in [0.5, 0.6) is 0 Å². The average molecular weight is 348 g/mol. The highest BCUT2D eigenvalue weighted by Crippen LogP contribution is 2.36. The summed E-state index contributed by atoms with van der Waals surface area (Å²) in [5.41, 5.74) is 0.941. The molecule has 0 bridgehead atoms. The van der Waals surface area contributed by atoms with Gasteiger partial charge < -0.3 is 4.90 Å². The van der Waals surface area contributed by atoms with Crippen molar-refractivity contribution in [1.82, 2.24) is 4.90 Å². The molecular weight excluding hydrogens is 331 g/mol. The molecule has 1 atom stereocenters. The van der Waals surface area contributed by atoms with Crippen molar-refractivity contribution in [2.75, 3.05) is 31.1 Å². The Labute approximate surface area is 126 Å². The van der Waals surface area contributed by atoms with E-state index in [2.05, 4.69) is 25.7 Å². The van der Waals surface area contributed by atoms with E-state index >= 15 is 0 Å². The van der Waals surface area contributed by atoms with Crippen molar-refractivity contribution in [3.63, 3.8) is 0 Å². The molecule has 0 spiro atoms. The molecule has 1 aromatic rings. The Kier molecular flexibility index (Phi) is 4.01. The molecule has 0 amide bonds. The van der Waals surface area contributed by atoms with Crippen LogP contribution in [0.4, 0.5) is 10.1 Å². The molecule has 19 heavy (non-hydrogen) atoms. The maximum absolute atomic E-state index is 13.3. The van der Waals surface area contributed by atoms with Crippen molar-refractivity contribution < 1.29 is 4.39 Å². The number of rotatable bonds is 1. The molecule has 0 aliphatic carbocycles. The van der Waals surface area contributed by atoms with E-state index in [1.165, 1.54) is 31.5 Å². The number of fused-ring (bicyclic) bond motifs is 1. The molecule has 2 nitrogen and oxygen atoms in total. The second-order valence-corrected chi connectivity index (χ2v) is 6.61. The van der Waals surface area contributed by atoms with Crippen molar-refractivity contribution in [1.29, 1.82) is 0 Å². The number of halogens is 3. The number of hydrogen-bond donors (Lipinski definition) is 0. The molecule has 3 rings (SSSR count). The predicted octanol–water partition coefficient (Wildman–Crippen LogP) is 3.92. The maximum Gasteiger partial charge on any atom is 0.125 e. The maximum atomic E-state index is 13.3. The van der Waals surface area contributed by atoms with Crippen LogP contribution in [0.2, 0.25) is 5.02 Å². The Morgan fingerprint density at radius 2 is 2.00 bits per heavy atom. The van der Waals surface area contributed by atoms with Crippen molar-refractivity contribution in [2.24, 2.45) is 0 Å². The first-order chi connectivity index (χ1) is 9.15. The Bertz CT molecular complexity index is 460. The van der Waals surface area contributed by atoms with Gasteiger partial charge in [-0.2, -0.15) is 0 Å². The lowest BCUT2D eigenvalue weighted by molar-refractivity contribution is 0.273. The van der Waals surface area contributed by atoms with Crippen molar-refractivity contribution in [3.8, 4) is 0 Å². The van der Waals surface area contributed by atoms with Crippen LogP contribution in [0.15, 0.2) is 16.6 Å². The van der Waals surface area contributed by atoms with Gasteiger partial charge in [-0.15, -0.1) is 0 Å². The normalized spacial score (nSPS) is 24.4. The molecule has 0 N–H and O–H groups in total. The smallest absolute Gasteiger partial charge is 0.125 e. The zero-order valence-corrected chi connectivity index (χ0v) is 13.1. The first-order valence-electron chi connectivity index (χ1n) is 6.78. The zero-order chi connectivity index (χ0) is 13.4. The lowest BCUT2D eigenvalue weighted by atomic mass is 10.2. The summed E-state index contributed by atoms with van der Waals surface area (Å²) in [4.78, 5) is 4.88. The monoisotopic (exact) mass is 346 g/mol. The minimum atomic E-state index is -0.294. The third-order valence-electron chi connectivity index (χ3n) is 4.10. The van der Waals surface area contributed by atoms with E-state index in [0.717, 1.165) is 36.2 Å². The second kappa shape index (κ2) is 5.58. The highest BCUT2D eigenvalue weighted by Gasteiger charge is 2.30. The zero-order valence-electron chi connectivity index (χ0n) is 10.7. The van der Waals surface area contributed by atoms with E-state index in [9.17, 15) is 4.39 Å². The Hall–Kier alpha value is -0.320. The fourth-order valence-electron chi connectivity index (χ4n) is 3.25. The van der Waals surface area contributed by atoms with Gasteiger partial charge in [-0.05, 0) is 53.9 Å². The molecule has 0 saturated carbocycles. The minimum Gasteiger partial charge on any atom is -0.368 e. The average Bonchev–Trinajstić information content (AvgIpc) is 2.67. The molecule has 1 aromatic carbocycles. The summed E-state index contributed by atoms with van der Waals surface area (Å²) >= 11 is 9.69. The molecule has 2 saturated heterocycles. The van der Waals surface area contributed by atoms with E-state index in [1.54, 1.807) is 0 Å². The third-order valence-corrected chi connectivity index (χ3v) is 4.99. The number of anilines is 1. The van der Waals surface area contributed by atoms with E-state index in [-0.39, 0.29) is 5.82 Å². The van der Waals surface area contributed by atoms with E-state index < -0.39 is 0 Å². The van der Waals surface area contributed by atoms with Crippen LogP contribution in [-0.2, 0) is 0 Å². The van der Waals surface area contributed by atoms with Gasteiger partial charge in [0.2, 0.25) is 0 Å². The summed E-state index contributed by atoms with van der Waals surface area (Å²) in [6, 6.07) is 3.52. The highest BCUT2D eigenvalue weighted by molar-refractivity contribution is 9.10. The number of nitrogens with zero attached hydrogens (tertiary/aromatic N) is 2. The second-order valence-electron chi connectivity index (χ2n) is 5.35. The molecule has 2 aliphatic heterocycles. The number of benzene rings is 1. The minimum absolute atomic E-state index is 0.294. The molecule has 2 heterocycles. The van der Waals surface area contributed by atoms with Gasteiger partial charge in [0.05, 0.1) is 10.7 Å². The van der Waals surface area contributed by atoms with Crippen LogP contribution in [0.1, 0.15) is 19.3 Å². The van der Waals surface area contributed by atoms with Crippen LogP contribution in [0.25, 0.3) is 0 Å². The Morgan fingerprint density at radius 1 is 1.21 bits per heavy atom. The Balaban J connectivity index is 1.89.